The van der Waals surface area contributed by atoms with E-state index < -0.39 is 21.9 Å². The highest BCUT2D eigenvalue weighted by atomic mass is 79.9. The molecule has 2 aromatic carbocycles. The summed E-state index contributed by atoms with van der Waals surface area (Å²) < 4.78 is 32.7. The molecule has 11 heteroatoms. The molecule has 0 saturated carbocycles. The first kappa shape index (κ1) is 26.2. The molecule has 36 heavy (non-hydrogen) atoms. The van der Waals surface area contributed by atoms with Crippen molar-refractivity contribution in [1.82, 2.24) is 0 Å². The van der Waals surface area contributed by atoms with E-state index in [0.717, 1.165) is 34.4 Å². The second-order valence-electron chi connectivity index (χ2n) is 8.31. The third-order valence-electron chi connectivity index (χ3n) is 6.02. The van der Waals surface area contributed by atoms with E-state index in [1.165, 1.54) is 63.8 Å². The molecule has 1 amide bonds. The number of anilines is 3. The predicted molar refractivity (Wildman–Crippen MR) is 146 cm³/mol. The number of nitrogens with one attached hydrogen (secondary N) is 1. The molecule has 1 aliphatic rings. The van der Waals surface area contributed by atoms with Gasteiger partial charge in [-0.25, -0.2) is 13.2 Å². The number of methoxy groups -OCH3 is 1. The molecule has 0 bridgehead atoms. The number of esters is 1. The van der Waals surface area contributed by atoms with Gasteiger partial charge in [-0.15, -0.1) is 11.3 Å². The Bertz CT molecular complexity index is 1350. The van der Waals surface area contributed by atoms with Crippen molar-refractivity contribution in [2.75, 3.05) is 41.8 Å². The standard InChI is InChI=1S/C25H26BrN3O5S2/c1-28(19-10-6-17(7-11-19)25(31)34-2)36(32,33)22-16-21(35-23(22)26)24(30)27-18-8-12-20(13-9-18)29-14-4-3-5-15-29/h6-13,16H,3-5,14-15H2,1-2H3,(H,27,30). The third-order valence-corrected chi connectivity index (χ3v) is 10.1. The van der Waals surface area contributed by atoms with E-state index in [1.807, 2.05) is 24.3 Å². The molecule has 2 heterocycles. The van der Waals surface area contributed by atoms with E-state index in [2.05, 4.69) is 30.9 Å². The van der Waals surface area contributed by atoms with Crippen molar-refractivity contribution in [3.63, 3.8) is 0 Å². The maximum atomic E-state index is 13.3. The summed E-state index contributed by atoms with van der Waals surface area (Å²) in [6.07, 6.45) is 3.63. The Hall–Kier alpha value is -2.89. The highest BCUT2D eigenvalue weighted by Crippen LogP contribution is 2.35. The van der Waals surface area contributed by atoms with Gasteiger partial charge in [0.2, 0.25) is 0 Å². The van der Waals surface area contributed by atoms with Gasteiger partial charge in [-0.3, -0.25) is 9.10 Å². The molecule has 0 aliphatic carbocycles. The van der Waals surface area contributed by atoms with Crippen LogP contribution in [0.15, 0.2) is 63.3 Å². The number of benzene rings is 2. The van der Waals surface area contributed by atoms with E-state index >= 15 is 0 Å². The molecular formula is C25H26BrN3O5S2. The Morgan fingerprint density at radius 1 is 1.03 bits per heavy atom. The lowest BCUT2D eigenvalue weighted by Crippen LogP contribution is -2.29. The number of hydrogen-bond acceptors (Lipinski definition) is 7. The van der Waals surface area contributed by atoms with Crippen molar-refractivity contribution < 1.29 is 22.7 Å². The van der Waals surface area contributed by atoms with Crippen LogP contribution in [0.25, 0.3) is 0 Å². The second-order valence-corrected chi connectivity index (χ2v) is 12.6. The zero-order valence-electron chi connectivity index (χ0n) is 19.9. The number of carbonyl (C=O) groups excluding carboxylic acids is 2. The van der Waals surface area contributed by atoms with Crippen molar-refractivity contribution >= 4 is 66.2 Å². The largest absolute Gasteiger partial charge is 0.465 e. The Morgan fingerprint density at radius 2 is 1.67 bits per heavy atom. The van der Waals surface area contributed by atoms with Gasteiger partial charge in [0, 0.05) is 31.5 Å². The van der Waals surface area contributed by atoms with Gasteiger partial charge < -0.3 is 15.0 Å². The number of rotatable bonds is 7. The molecule has 1 aromatic heterocycles. The quantitative estimate of drug-likeness (QED) is 0.371. The number of halogens is 1. The van der Waals surface area contributed by atoms with Gasteiger partial charge in [-0.05, 0) is 89.8 Å². The van der Waals surface area contributed by atoms with Crippen LogP contribution in [-0.4, -0.2) is 47.5 Å². The van der Waals surface area contributed by atoms with Gasteiger partial charge >= 0.3 is 5.97 Å². The molecule has 1 N–H and O–H groups in total. The van der Waals surface area contributed by atoms with E-state index in [0.29, 0.717) is 20.7 Å². The molecule has 0 unspecified atom stereocenters. The van der Waals surface area contributed by atoms with Crippen LogP contribution in [-0.2, 0) is 14.8 Å². The average molecular weight is 593 g/mol. The minimum absolute atomic E-state index is 0.0161. The summed E-state index contributed by atoms with van der Waals surface area (Å²) in [5, 5.41) is 2.84. The number of thiophene rings is 1. The zero-order chi connectivity index (χ0) is 25.9. The summed E-state index contributed by atoms with van der Waals surface area (Å²) in [5.74, 6) is -0.901. The molecule has 8 nitrogen and oxygen atoms in total. The van der Waals surface area contributed by atoms with Crippen LogP contribution in [0.5, 0.6) is 0 Å². The number of amides is 1. The summed E-state index contributed by atoms with van der Waals surface area (Å²) in [6.45, 7) is 2.08. The minimum atomic E-state index is -3.97. The molecule has 0 spiro atoms. The monoisotopic (exact) mass is 591 g/mol. The Morgan fingerprint density at radius 3 is 2.28 bits per heavy atom. The number of nitrogens with zero attached hydrogens (tertiary/aromatic N) is 2. The number of carbonyl (C=O) groups is 2. The van der Waals surface area contributed by atoms with Crippen molar-refractivity contribution in [2.45, 2.75) is 24.2 Å². The lowest BCUT2D eigenvalue weighted by Gasteiger charge is -2.28. The Labute approximate surface area is 223 Å². The van der Waals surface area contributed by atoms with E-state index in [-0.39, 0.29) is 9.77 Å². The van der Waals surface area contributed by atoms with Gasteiger partial charge in [0.05, 0.1) is 27.0 Å². The summed E-state index contributed by atoms with van der Waals surface area (Å²) in [6, 6.07) is 15.1. The molecule has 3 aromatic rings. The number of hydrogen-bond donors (Lipinski definition) is 1. The molecule has 190 valence electrons. The molecule has 0 radical (unpaired) electrons. The second kappa shape index (κ2) is 11.0. The highest BCUT2D eigenvalue weighted by Gasteiger charge is 2.28. The van der Waals surface area contributed by atoms with Crippen molar-refractivity contribution in [3.8, 4) is 0 Å². The highest BCUT2D eigenvalue weighted by molar-refractivity contribution is 9.11. The van der Waals surface area contributed by atoms with Crippen LogP contribution in [0.3, 0.4) is 0 Å². The molecule has 1 saturated heterocycles. The number of ether oxygens (including phenoxy) is 1. The summed E-state index contributed by atoms with van der Waals surface area (Å²) in [7, 11) is -1.28. The van der Waals surface area contributed by atoms with Crippen LogP contribution in [0.4, 0.5) is 17.1 Å². The van der Waals surface area contributed by atoms with Crippen molar-refractivity contribution in [1.29, 1.82) is 0 Å². The molecule has 4 rings (SSSR count). The van der Waals surface area contributed by atoms with Gasteiger partial charge in [-0.2, -0.15) is 0 Å². The SMILES string of the molecule is COC(=O)c1ccc(N(C)S(=O)(=O)c2cc(C(=O)Nc3ccc(N4CCCCC4)cc3)sc2Br)cc1. The topological polar surface area (TPSA) is 96.0 Å². The van der Waals surface area contributed by atoms with Gasteiger partial charge in [0.25, 0.3) is 15.9 Å². The van der Waals surface area contributed by atoms with Crippen LogP contribution in [0.1, 0.15) is 39.3 Å². The van der Waals surface area contributed by atoms with Crippen molar-refractivity contribution in [2.24, 2.45) is 0 Å². The average Bonchev–Trinajstić information content (AvgIpc) is 3.31. The van der Waals surface area contributed by atoms with Crippen molar-refractivity contribution in [3.05, 3.63) is 68.8 Å². The normalized spacial score (nSPS) is 13.8. The van der Waals surface area contributed by atoms with Crippen LogP contribution < -0.4 is 14.5 Å². The van der Waals surface area contributed by atoms with Gasteiger partial charge in [0.1, 0.15) is 4.90 Å². The van der Waals surface area contributed by atoms with E-state index in [1.54, 1.807) is 0 Å². The number of piperidine rings is 1. The fourth-order valence-electron chi connectivity index (χ4n) is 3.95. The van der Waals surface area contributed by atoms with Crippen LogP contribution in [0, 0.1) is 0 Å². The molecule has 1 aliphatic heterocycles. The molecule has 0 atom stereocenters. The van der Waals surface area contributed by atoms with Crippen LogP contribution in [0.2, 0.25) is 0 Å². The number of sulfonamides is 1. The maximum absolute atomic E-state index is 13.3. The van der Waals surface area contributed by atoms with E-state index in [4.69, 9.17) is 0 Å². The maximum Gasteiger partial charge on any atom is 0.337 e. The molecule has 1 fully saturated rings. The molecular weight excluding hydrogens is 566 g/mol. The first-order valence-corrected chi connectivity index (χ1v) is 14.4. The summed E-state index contributed by atoms with van der Waals surface area (Å²) in [5.41, 5.74) is 2.44. The minimum Gasteiger partial charge on any atom is -0.465 e. The lowest BCUT2D eigenvalue weighted by molar-refractivity contribution is 0.0600. The van der Waals surface area contributed by atoms with Crippen LogP contribution >= 0.6 is 27.3 Å². The Balaban J connectivity index is 1.48. The fourth-order valence-corrected chi connectivity index (χ4v) is 7.56. The first-order valence-electron chi connectivity index (χ1n) is 11.3. The predicted octanol–water partition coefficient (Wildman–Crippen LogP) is 5.36. The smallest absolute Gasteiger partial charge is 0.337 e. The summed E-state index contributed by atoms with van der Waals surface area (Å²) in [4.78, 5) is 27.1. The van der Waals surface area contributed by atoms with Gasteiger partial charge in [-0.1, -0.05) is 0 Å². The Kier molecular flexibility index (Phi) is 8.01. The zero-order valence-corrected chi connectivity index (χ0v) is 23.1. The lowest BCUT2D eigenvalue weighted by atomic mass is 10.1. The third kappa shape index (κ3) is 5.58. The summed E-state index contributed by atoms with van der Waals surface area (Å²) >= 11 is 4.35. The first-order chi connectivity index (χ1) is 17.2. The van der Waals surface area contributed by atoms with Gasteiger partial charge in [0.15, 0.2) is 0 Å². The fraction of sp³-hybridized carbons (Fsp3) is 0.280. The van der Waals surface area contributed by atoms with E-state index in [9.17, 15) is 18.0 Å².